The normalized spacial score (nSPS) is 27.7. The highest BCUT2D eigenvalue weighted by Crippen LogP contribution is 2.43. The molecule has 1 saturated carbocycles. The van der Waals surface area contributed by atoms with Crippen molar-refractivity contribution in [1.29, 1.82) is 0 Å². The van der Waals surface area contributed by atoms with Crippen molar-refractivity contribution in [2.24, 2.45) is 5.92 Å². The van der Waals surface area contributed by atoms with Gasteiger partial charge in [-0.25, -0.2) is 4.39 Å². The van der Waals surface area contributed by atoms with E-state index in [4.69, 9.17) is 9.47 Å². The Morgan fingerprint density at radius 1 is 1.30 bits per heavy atom. The zero-order valence-electron chi connectivity index (χ0n) is 15.9. The highest BCUT2D eigenvalue weighted by Gasteiger charge is 2.53. The molecule has 1 aliphatic heterocycles. The van der Waals surface area contributed by atoms with Crippen molar-refractivity contribution < 1.29 is 23.5 Å². The lowest BCUT2D eigenvalue weighted by molar-refractivity contribution is -0.128. The number of carbonyl (C=O) groups is 2. The van der Waals surface area contributed by atoms with Gasteiger partial charge in [-0.05, 0) is 55.9 Å². The Morgan fingerprint density at radius 3 is 2.59 bits per heavy atom. The van der Waals surface area contributed by atoms with E-state index in [2.05, 4.69) is 12.2 Å². The summed E-state index contributed by atoms with van der Waals surface area (Å²) >= 11 is 0. The number of amides is 2. The lowest BCUT2D eigenvalue weighted by Crippen LogP contribution is -2.57. The van der Waals surface area contributed by atoms with Crippen LogP contribution in [0.4, 0.5) is 4.39 Å². The minimum absolute atomic E-state index is 0.167. The van der Waals surface area contributed by atoms with Crippen LogP contribution >= 0.6 is 0 Å². The molecule has 1 spiro atoms. The second-order valence-corrected chi connectivity index (χ2v) is 7.42. The summed E-state index contributed by atoms with van der Waals surface area (Å²) in [5, 5.41) is 2.80. The predicted octanol–water partition coefficient (Wildman–Crippen LogP) is 2.34. The first-order valence-electron chi connectivity index (χ1n) is 9.47. The van der Waals surface area contributed by atoms with Crippen LogP contribution in [0.5, 0.6) is 0 Å². The number of ether oxygens (including phenoxy) is 2. The van der Waals surface area contributed by atoms with Crippen LogP contribution in [0.3, 0.4) is 0 Å². The molecule has 2 aliphatic rings. The summed E-state index contributed by atoms with van der Waals surface area (Å²) in [7, 11) is 1.56. The molecule has 0 bridgehead atoms. The zero-order valence-corrected chi connectivity index (χ0v) is 15.9. The molecule has 1 aromatic carbocycles. The topological polar surface area (TPSA) is 67.9 Å². The molecule has 6 nitrogen and oxygen atoms in total. The standard InChI is InChI=1S/C20H27FN2O4/c1-14-7-9-20(10-8-14)23(19(25)15-3-5-16(21)6-4-15)17(13-27-20)18(24)22-11-12-26-2/h3-6,14,17H,7-13H2,1-2H3,(H,22,24)/t14?,17-,20?/m1/s1. The second kappa shape index (κ2) is 8.35. The summed E-state index contributed by atoms with van der Waals surface area (Å²) in [5.74, 6) is -0.386. The molecular weight excluding hydrogens is 351 g/mol. The van der Waals surface area contributed by atoms with Crippen LogP contribution in [-0.4, -0.2) is 55.3 Å². The Morgan fingerprint density at radius 2 is 1.96 bits per heavy atom. The summed E-state index contributed by atoms with van der Waals surface area (Å²) in [6.07, 6.45) is 3.27. The van der Waals surface area contributed by atoms with Gasteiger partial charge in [0.1, 0.15) is 17.6 Å². The maximum atomic E-state index is 13.3. The Kier molecular flexibility index (Phi) is 6.11. The van der Waals surface area contributed by atoms with Gasteiger partial charge in [-0.2, -0.15) is 0 Å². The summed E-state index contributed by atoms with van der Waals surface area (Å²) in [6, 6.07) is 4.72. The molecule has 27 heavy (non-hydrogen) atoms. The van der Waals surface area contributed by atoms with Gasteiger partial charge in [-0.15, -0.1) is 0 Å². The van der Waals surface area contributed by atoms with Crippen molar-refractivity contribution in [3.63, 3.8) is 0 Å². The van der Waals surface area contributed by atoms with Gasteiger partial charge in [0, 0.05) is 19.2 Å². The van der Waals surface area contributed by atoms with Crippen LogP contribution in [0.25, 0.3) is 0 Å². The summed E-state index contributed by atoms with van der Waals surface area (Å²) in [6.45, 7) is 3.12. The summed E-state index contributed by atoms with van der Waals surface area (Å²) in [4.78, 5) is 27.6. The number of rotatable bonds is 5. The molecular formula is C20H27FN2O4. The number of carbonyl (C=O) groups excluding carboxylic acids is 2. The third-order valence-corrected chi connectivity index (χ3v) is 5.53. The van der Waals surface area contributed by atoms with E-state index in [9.17, 15) is 14.0 Å². The molecule has 2 amide bonds. The van der Waals surface area contributed by atoms with E-state index in [1.165, 1.54) is 24.3 Å². The average Bonchev–Trinajstić information content (AvgIpc) is 3.03. The van der Waals surface area contributed by atoms with Gasteiger partial charge in [0.15, 0.2) is 0 Å². The first kappa shape index (κ1) is 19.8. The van der Waals surface area contributed by atoms with Crippen molar-refractivity contribution in [2.45, 2.75) is 44.4 Å². The molecule has 148 valence electrons. The van der Waals surface area contributed by atoms with E-state index in [1.807, 2.05) is 0 Å². The SMILES string of the molecule is COCCNC(=O)[C@H]1COC2(CCC(C)CC2)N1C(=O)c1ccc(F)cc1. The molecule has 1 aliphatic carbocycles. The van der Waals surface area contributed by atoms with E-state index in [0.717, 1.165) is 12.8 Å². The molecule has 1 aromatic rings. The second-order valence-electron chi connectivity index (χ2n) is 7.42. The van der Waals surface area contributed by atoms with Crippen LogP contribution in [0.1, 0.15) is 43.0 Å². The number of halogens is 1. The lowest BCUT2D eigenvalue weighted by Gasteiger charge is -2.43. The predicted molar refractivity (Wildman–Crippen MR) is 97.6 cm³/mol. The number of hydrogen-bond donors (Lipinski definition) is 1. The van der Waals surface area contributed by atoms with E-state index in [0.29, 0.717) is 37.5 Å². The highest BCUT2D eigenvalue weighted by atomic mass is 19.1. The van der Waals surface area contributed by atoms with Crippen molar-refractivity contribution in [1.82, 2.24) is 10.2 Å². The molecule has 1 atom stereocenters. The molecule has 1 saturated heterocycles. The zero-order chi connectivity index (χ0) is 19.4. The van der Waals surface area contributed by atoms with E-state index in [1.54, 1.807) is 12.0 Å². The quantitative estimate of drug-likeness (QED) is 0.799. The maximum absolute atomic E-state index is 13.3. The van der Waals surface area contributed by atoms with Crippen LogP contribution in [0, 0.1) is 11.7 Å². The van der Waals surface area contributed by atoms with Gasteiger partial charge in [0.05, 0.1) is 13.2 Å². The Bertz CT molecular complexity index is 671. The first-order valence-corrected chi connectivity index (χ1v) is 9.47. The van der Waals surface area contributed by atoms with Gasteiger partial charge in [0.2, 0.25) is 5.91 Å². The molecule has 0 aromatic heterocycles. The van der Waals surface area contributed by atoms with Crippen LogP contribution in [0.2, 0.25) is 0 Å². The summed E-state index contributed by atoms with van der Waals surface area (Å²) in [5.41, 5.74) is -0.407. The maximum Gasteiger partial charge on any atom is 0.256 e. The fourth-order valence-corrected chi connectivity index (χ4v) is 3.91. The number of nitrogens with zero attached hydrogens (tertiary/aromatic N) is 1. The minimum Gasteiger partial charge on any atom is -0.383 e. The monoisotopic (exact) mass is 378 g/mol. The molecule has 3 rings (SSSR count). The number of benzene rings is 1. The van der Waals surface area contributed by atoms with Gasteiger partial charge in [-0.3, -0.25) is 14.5 Å². The van der Waals surface area contributed by atoms with Crippen LogP contribution in [-0.2, 0) is 14.3 Å². The molecule has 1 heterocycles. The highest BCUT2D eigenvalue weighted by molar-refractivity contribution is 5.98. The van der Waals surface area contributed by atoms with Crippen molar-refractivity contribution >= 4 is 11.8 Å². The van der Waals surface area contributed by atoms with Gasteiger partial charge >= 0.3 is 0 Å². The molecule has 0 unspecified atom stereocenters. The van der Waals surface area contributed by atoms with Gasteiger partial charge in [-0.1, -0.05) is 6.92 Å². The van der Waals surface area contributed by atoms with Crippen molar-refractivity contribution in [3.05, 3.63) is 35.6 Å². The Hall–Kier alpha value is -1.99. The largest absolute Gasteiger partial charge is 0.383 e. The molecule has 2 fully saturated rings. The minimum atomic E-state index is -0.763. The average molecular weight is 378 g/mol. The molecule has 1 N–H and O–H groups in total. The third kappa shape index (κ3) is 4.14. The fourth-order valence-electron chi connectivity index (χ4n) is 3.91. The van der Waals surface area contributed by atoms with Crippen molar-refractivity contribution in [3.8, 4) is 0 Å². The van der Waals surface area contributed by atoms with Gasteiger partial charge < -0.3 is 14.8 Å². The van der Waals surface area contributed by atoms with E-state index >= 15 is 0 Å². The van der Waals surface area contributed by atoms with Gasteiger partial charge in [0.25, 0.3) is 5.91 Å². The molecule has 0 radical (unpaired) electrons. The van der Waals surface area contributed by atoms with E-state index in [-0.39, 0.29) is 18.4 Å². The molecule has 7 heteroatoms. The smallest absolute Gasteiger partial charge is 0.256 e. The summed E-state index contributed by atoms with van der Waals surface area (Å²) < 4.78 is 24.3. The first-order chi connectivity index (χ1) is 13.0. The fraction of sp³-hybridized carbons (Fsp3) is 0.600. The Labute approximate surface area is 159 Å². The Balaban J connectivity index is 1.86. The lowest BCUT2D eigenvalue weighted by atomic mass is 9.83. The van der Waals surface area contributed by atoms with Crippen LogP contribution < -0.4 is 5.32 Å². The van der Waals surface area contributed by atoms with Crippen LogP contribution in [0.15, 0.2) is 24.3 Å². The third-order valence-electron chi connectivity index (χ3n) is 5.53. The number of nitrogens with one attached hydrogen (secondary N) is 1. The number of methoxy groups -OCH3 is 1. The van der Waals surface area contributed by atoms with E-state index < -0.39 is 17.6 Å². The number of hydrogen-bond acceptors (Lipinski definition) is 4. The van der Waals surface area contributed by atoms with Crippen molar-refractivity contribution in [2.75, 3.05) is 26.9 Å².